The lowest BCUT2D eigenvalue weighted by molar-refractivity contribution is -0.128. The van der Waals surface area contributed by atoms with Gasteiger partial charge in [-0.05, 0) is 30.5 Å². The third-order valence-corrected chi connectivity index (χ3v) is 6.40. The van der Waals surface area contributed by atoms with Gasteiger partial charge in [-0.3, -0.25) is 20.4 Å². The molecule has 9 nitrogen and oxygen atoms in total. The van der Waals surface area contributed by atoms with Gasteiger partial charge in [0.25, 0.3) is 5.91 Å². The Hall–Kier alpha value is -4.44. The van der Waals surface area contributed by atoms with E-state index in [1.54, 1.807) is 16.9 Å². The monoisotopic (exact) mass is 498 g/mol. The zero-order valence-corrected chi connectivity index (χ0v) is 20.2. The highest BCUT2D eigenvalue weighted by molar-refractivity contribution is 8.00. The van der Waals surface area contributed by atoms with Gasteiger partial charge in [-0.1, -0.05) is 65.9 Å². The van der Waals surface area contributed by atoms with Gasteiger partial charge in [0.2, 0.25) is 5.91 Å². The zero-order valence-electron chi connectivity index (χ0n) is 19.3. The van der Waals surface area contributed by atoms with E-state index < -0.39 is 5.91 Å². The molecular weight excluding hydrogens is 476 g/mol. The molecule has 2 N–H and O–H groups in total. The van der Waals surface area contributed by atoms with Gasteiger partial charge in [-0.25, -0.2) is 14.6 Å². The van der Waals surface area contributed by atoms with E-state index in [-0.39, 0.29) is 18.3 Å². The Balaban J connectivity index is 1.15. The molecule has 2 aromatic heterocycles. The lowest BCUT2D eigenvalue weighted by Gasteiger charge is -2.10. The second kappa shape index (κ2) is 10.4. The number of carbonyl (C=O) groups excluding carboxylic acids is 2. The summed E-state index contributed by atoms with van der Waals surface area (Å²) >= 11 is 1.23. The number of hydrogen-bond acceptors (Lipinski definition) is 7. The molecule has 0 unspecified atom stereocenters. The van der Waals surface area contributed by atoms with Crippen molar-refractivity contribution < 1.29 is 14.3 Å². The van der Waals surface area contributed by atoms with Gasteiger partial charge in [-0.15, -0.1) is 0 Å². The molecule has 0 saturated heterocycles. The summed E-state index contributed by atoms with van der Waals surface area (Å²) < 4.78 is 7.37. The largest absolute Gasteiger partial charge is 0.483 e. The molecule has 2 amide bonds. The number of nitrogens with one attached hydrogen (secondary N) is 2. The summed E-state index contributed by atoms with van der Waals surface area (Å²) in [5, 5.41) is 7.73. The molecule has 0 atom stereocenters. The molecule has 0 saturated carbocycles. The summed E-state index contributed by atoms with van der Waals surface area (Å²) in [7, 11) is 0. The highest BCUT2D eigenvalue weighted by Gasteiger charge is 2.14. The Labute approximate surface area is 210 Å². The first-order chi connectivity index (χ1) is 17.6. The predicted octanol–water partition coefficient (Wildman–Crippen LogP) is 3.60. The Morgan fingerprint density at radius 3 is 2.56 bits per heavy atom. The molecule has 5 rings (SSSR count). The fourth-order valence-corrected chi connectivity index (χ4v) is 4.38. The molecule has 0 spiro atoms. The number of hydrogen-bond donors (Lipinski definition) is 2. The number of rotatable bonds is 7. The van der Waals surface area contributed by atoms with Crippen molar-refractivity contribution in [2.24, 2.45) is 0 Å². The standard InChI is InChI=1S/C26H22N6O3S/c1-17-9-11-19(12-10-17)32-25-21(13-29-32)26(28-16-27-25)36-15-24(34)31-30-23(33)14-35-22-8-4-6-18-5-2-3-7-20(18)22/h2-13,16H,14-15H2,1H3,(H,30,33)(H,31,34). The number of thioether (sulfide) groups is 1. The van der Waals surface area contributed by atoms with Crippen LogP contribution in [-0.4, -0.2) is 43.9 Å². The molecule has 0 aliphatic heterocycles. The quantitative estimate of drug-likeness (QED) is 0.200. The van der Waals surface area contributed by atoms with Crippen LogP contribution in [0.25, 0.3) is 27.5 Å². The molecule has 2 heterocycles. The highest BCUT2D eigenvalue weighted by Crippen LogP contribution is 2.26. The van der Waals surface area contributed by atoms with Crippen molar-refractivity contribution in [3.05, 3.63) is 84.8 Å². The molecule has 0 radical (unpaired) electrons. The van der Waals surface area contributed by atoms with Gasteiger partial charge < -0.3 is 4.74 Å². The van der Waals surface area contributed by atoms with Gasteiger partial charge in [-0.2, -0.15) is 5.10 Å². The van der Waals surface area contributed by atoms with Gasteiger partial charge >= 0.3 is 0 Å². The van der Waals surface area contributed by atoms with Crippen LogP contribution < -0.4 is 15.6 Å². The zero-order chi connectivity index (χ0) is 24.9. The van der Waals surface area contributed by atoms with Crippen molar-refractivity contribution in [3.8, 4) is 11.4 Å². The number of hydrazine groups is 1. The summed E-state index contributed by atoms with van der Waals surface area (Å²) in [5.74, 6) is -0.197. The van der Waals surface area contributed by atoms with E-state index in [0.29, 0.717) is 16.4 Å². The normalized spacial score (nSPS) is 10.9. The van der Waals surface area contributed by atoms with E-state index in [1.807, 2.05) is 67.6 Å². The molecule has 180 valence electrons. The van der Waals surface area contributed by atoms with Crippen molar-refractivity contribution in [2.75, 3.05) is 12.4 Å². The SMILES string of the molecule is Cc1ccc(-n2ncc3c(SCC(=O)NNC(=O)COc4cccc5ccccc45)ncnc32)cc1. The Bertz CT molecular complexity index is 1550. The van der Waals surface area contributed by atoms with Crippen molar-refractivity contribution in [3.63, 3.8) is 0 Å². The maximum atomic E-state index is 12.3. The average Bonchev–Trinajstić information content (AvgIpc) is 3.35. The van der Waals surface area contributed by atoms with Crippen LogP contribution in [0.5, 0.6) is 5.75 Å². The number of aryl methyl sites for hydroxylation is 1. The Morgan fingerprint density at radius 1 is 0.917 bits per heavy atom. The molecule has 0 bridgehead atoms. The van der Waals surface area contributed by atoms with Crippen LogP contribution in [0.15, 0.2) is 84.3 Å². The first-order valence-electron chi connectivity index (χ1n) is 11.2. The minimum Gasteiger partial charge on any atom is -0.483 e. The van der Waals surface area contributed by atoms with Crippen LogP contribution in [0.1, 0.15) is 5.56 Å². The Morgan fingerprint density at radius 2 is 1.69 bits per heavy atom. The predicted molar refractivity (Wildman–Crippen MR) is 138 cm³/mol. The van der Waals surface area contributed by atoms with Gasteiger partial charge in [0.1, 0.15) is 17.1 Å². The molecule has 5 aromatic rings. The highest BCUT2D eigenvalue weighted by atomic mass is 32.2. The fourth-order valence-electron chi connectivity index (χ4n) is 3.62. The summed E-state index contributed by atoms with van der Waals surface area (Å²) in [4.78, 5) is 33.1. The first-order valence-corrected chi connectivity index (χ1v) is 12.1. The van der Waals surface area contributed by atoms with Crippen LogP contribution in [-0.2, 0) is 9.59 Å². The van der Waals surface area contributed by atoms with E-state index in [4.69, 9.17) is 4.74 Å². The topological polar surface area (TPSA) is 111 Å². The smallest absolute Gasteiger partial charge is 0.276 e. The fraction of sp³-hybridized carbons (Fsp3) is 0.115. The first kappa shape index (κ1) is 23.3. The van der Waals surface area contributed by atoms with E-state index in [0.717, 1.165) is 27.4 Å². The number of carbonyl (C=O) groups is 2. The summed E-state index contributed by atoms with van der Waals surface area (Å²) in [6, 6.07) is 21.3. The van der Waals surface area contributed by atoms with Crippen molar-refractivity contribution in [2.45, 2.75) is 11.9 Å². The van der Waals surface area contributed by atoms with E-state index in [1.165, 1.54) is 18.1 Å². The van der Waals surface area contributed by atoms with Crippen LogP contribution in [0.2, 0.25) is 0 Å². The lowest BCUT2D eigenvalue weighted by Crippen LogP contribution is -2.44. The van der Waals surface area contributed by atoms with E-state index in [9.17, 15) is 9.59 Å². The molecule has 0 aliphatic rings. The number of nitrogens with zero attached hydrogens (tertiary/aromatic N) is 4. The maximum Gasteiger partial charge on any atom is 0.276 e. The average molecular weight is 499 g/mol. The Kier molecular flexibility index (Phi) is 6.76. The van der Waals surface area contributed by atoms with Crippen molar-refractivity contribution in [1.29, 1.82) is 0 Å². The number of fused-ring (bicyclic) bond motifs is 2. The van der Waals surface area contributed by atoms with Crippen LogP contribution in [0.4, 0.5) is 0 Å². The third-order valence-electron chi connectivity index (χ3n) is 5.40. The molecule has 36 heavy (non-hydrogen) atoms. The number of amides is 2. The maximum absolute atomic E-state index is 12.3. The van der Waals surface area contributed by atoms with Crippen molar-refractivity contribution in [1.82, 2.24) is 30.6 Å². The van der Waals surface area contributed by atoms with Crippen molar-refractivity contribution >= 4 is 45.4 Å². The van der Waals surface area contributed by atoms with Crippen LogP contribution >= 0.6 is 11.8 Å². The minimum absolute atomic E-state index is 0.0479. The van der Waals surface area contributed by atoms with E-state index >= 15 is 0 Å². The van der Waals surface area contributed by atoms with Crippen LogP contribution in [0.3, 0.4) is 0 Å². The second-order valence-corrected chi connectivity index (χ2v) is 8.92. The molecule has 0 aliphatic carbocycles. The van der Waals surface area contributed by atoms with E-state index in [2.05, 4.69) is 25.9 Å². The summed E-state index contributed by atoms with van der Waals surface area (Å²) in [5.41, 5.74) is 7.47. The summed E-state index contributed by atoms with van der Waals surface area (Å²) in [6.45, 7) is 1.79. The van der Waals surface area contributed by atoms with Gasteiger partial charge in [0.05, 0.1) is 23.0 Å². The molecule has 0 fully saturated rings. The third kappa shape index (κ3) is 5.13. The molecular formula is C26H22N6O3S. The number of aromatic nitrogens is 4. The summed E-state index contributed by atoms with van der Waals surface area (Å²) in [6.07, 6.45) is 3.13. The van der Waals surface area contributed by atoms with Crippen LogP contribution in [0, 0.1) is 6.92 Å². The lowest BCUT2D eigenvalue weighted by atomic mass is 10.1. The second-order valence-electron chi connectivity index (χ2n) is 7.96. The van der Waals surface area contributed by atoms with Gasteiger partial charge in [0, 0.05) is 5.39 Å². The molecule has 3 aromatic carbocycles. The number of benzene rings is 3. The minimum atomic E-state index is -0.468. The number of ether oxygens (including phenoxy) is 1. The van der Waals surface area contributed by atoms with Gasteiger partial charge in [0.15, 0.2) is 12.3 Å². The molecule has 10 heteroatoms.